The van der Waals surface area contributed by atoms with Crippen molar-refractivity contribution in [1.82, 2.24) is 0 Å². The van der Waals surface area contributed by atoms with Crippen molar-refractivity contribution >= 4 is 11.4 Å². The molecule has 3 N–H and O–H groups in total. The first-order valence-electron chi connectivity index (χ1n) is 7.34. The second-order valence-corrected chi connectivity index (χ2v) is 6.03. The van der Waals surface area contributed by atoms with Gasteiger partial charge in [-0.2, -0.15) is 0 Å². The van der Waals surface area contributed by atoms with E-state index in [0.29, 0.717) is 25.0 Å². The van der Waals surface area contributed by atoms with Gasteiger partial charge in [0.15, 0.2) is 11.5 Å². The molecule has 1 aromatic rings. The van der Waals surface area contributed by atoms with Crippen molar-refractivity contribution in [1.29, 1.82) is 0 Å². The summed E-state index contributed by atoms with van der Waals surface area (Å²) >= 11 is 0. The van der Waals surface area contributed by atoms with Gasteiger partial charge in [0.05, 0.1) is 17.5 Å². The Balaban J connectivity index is 1.63. The van der Waals surface area contributed by atoms with Gasteiger partial charge in [-0.1, -0.05) is 0 Å². The molecule has 0 aromatic heterocycles. The van der Waals surface area contributed by atoms with Crippen molar-refractivity contribution in [2.75, 3.05) is 36.9 Å². The Morgan fingerprint density at radius 1 is 1.10 bits per heavy atom. The molecule has 1 saturated carbocycles. The van der Waals surface area contributed by atoms with Crippen LogP contribution in [-0.4, -0.2) is 37.5 Å². The SMILES string of the molecule is Nc1cc2c(cc1N1CC3CCC(O)C3C1)OCCO2. The number of hydrogen-bond donors (Lipinski definition) is 2. The molecule has 1 aromatic carbocycles. The van der Waals surface area contributed by atoms with Crippen molar-refractivity contribution in [3.05, 3.63) is 12.1 Å². The van der Waals surface area contributed by atoms with E-state index in [1.165, 1.54) is 0 Å². The molecule has 20 heavy (non-hydrogen) atoms. The Kier molecular flexibility index (Phi) is 2.70. The highest BCUT2D eigenvalue weighted by Gasteiger charge is 2.42. The lowest BCUT2D eigenvalue weighted by atomic mass is 10.00. The molecule has 4 rings (SSSR count). The molecule has 3 atom stereocenters. The average molecular weight is 276 g/mol. The highest BCUT2D eigenvalue weighted by atomic mass is 16.6. The molecule has 5 heteroatoms. The van der Waals surface area contributed by atoms with Crippen molar-refractivity contribution in [2.24, 2.45) is 11.8 Å². The van der Waals surface area contributed by atoms with Gasteiger partial charge in [0.2, 0.25) is 0 Å². The molecule has 108 valence electrons. The van der Waals surface area contributed by atoms with Crippen molar-refractivity contribution in [2.45, 2.75) is 18.9 Å². The fourth-order valence-electron chi connectivity index (χ4n) is 3.80. The zero-order valence-electron chi connectivity index (χ0n) is 11.4. The van der Waals surface area contributed by atoms with E-state index in [9.17, 15) is 5.11 Å². The summed E-state index contributed by atoms with van der Waals surface area (Å²) in [5, 5.41) is 10.0. The third kappa shape index (κ3) is 1.80. The van der Waals surface area contributed by atoms with Crippen molar-refractivity contribution in [3.63, 3.8) is 0 Å². The van der Waals surface area contributed by atoms with E-state index in [1.54, 1.807) is 0 Å². The Morgan fingerprint density at radius 2 is 1.85 bits per heavy atom. The number of nitrogens with zero attached hydrogens (tertiary/aromatic N) is 1. The van der Waals surface area contributed by atoms with Gasteiger partial charge in [0.1, 0.15) is 13.2 Å². The molecule has 1 aliphatic carbocycles. The van der Waals surface area contributed by atoms with Crippen LogP contribution < -0.4 is 20.1 Å². The predicted octanol–water partition coefficient (Wildman–Crippen LogP) is 1.25. The standard InChI is InChI=1S/C15H20N2O3/c16-11-5-14-15(20-4-3-19-14)6-12(11)17-7-9-1-2-13(18)10(9)8-17/h5-6,9-10,13,18H,1-4,7-8,16H2. The van der Waals surface area contributed by atoms with Crippen LogP contribution in [0.3, 0.4) is 0 Å². The molecule has 5 nitrogen and oxygen atoms in total. The van der Waals surface area contributed by atoms with Crippen LogP contribution in [0, 0.1) is 11.8 Å². The van der Waals surface area contributed by atoms with Gasteiger partial charge in [-0.25, -0.2) is 0 Å². The molecule has 0 spiro atoms. The van der Waals surface area contributed by atoms with Gasteiger partial charge in [-0.05, 0) is 18.8 Å². The van der Waals surface area contributed by atoms with Gasteiger partial charge in [0, 0.05) is 31.1 Å². The first-order chi connectivity index (χ1) is 9.72. The summed E-state index contributed by atoms with van der Waals surface area (Å²) in [5.74, 6) is 2.50. The van der Waals surface area contributed by atoms with Crippen LogP contribution in [0.2, 0.25) is 0 Å². The van der Waals surface area contributed by atoms with Crippen LogP contribution in [0.15, 0.2) is 12.1 Å². The normalized spacial score (nSPS) is 31.4. The zero-order chi connectivity index (χ0) is 13.7. The summed E-state index contributed by atoms with van der Waals surface area (Å²) in [7, 11) is 0. The average Bonchev–Trinajstić information content (AvgIpc) is 3.01. The lowest BCUT2D eigenvalue weighted by Gasteiger charge is -2.25. The van der Waals surface area contributed by atoms with Crippen LogP contribution in [0.25, 0.3) is 0 Å². The van der Waals surface area contributed by atoms with E-state index in [0.717, 1.165) is 48.8 Å². The van der Waals surface area contributed by atoms with E-state index in [2.05, 4.69) is 4.90 Å². The lowest BCUT2D eigenvalue weighted by Crippen LogP contribution is -2.25. The van der Waals surface area contributed by atoms with Gasteiger partial charge in [-0.15, -0.1) is 0 Å². The number of rotatable bonds is 1. The lowest BCUT2D eigenvalue weighted by molar-refractivity contribution is 0.133. The molecular weight excluding hydrogens is 256 g/mol. The number of ether oxygens (including phenoxy) is 2. The van der Waals surface area contributed by atoms with E-state index >= 15 is 0 Å². The summed E-state index contributed by atoms with van der Waals surface area (Å²) in [6.45, 7) is 3.02. The van der Waals surface area contributed by atoms with E-state index in [-0.39, 0.29) is 6.10 Å². The Morgan fingerprint density at radius 3 is 2.60 bits per heavy atom. The number of aliphatic hydroxyl groups is 1. The van der Waals surface area contributed by atoms with E-state index in [1.807, 2.05) is 12.1 Å². The topological polar surface area (TPSA) is 68.0 Å². The van der Waals surface area contributed by atoms with Crippen molar-refractivity contribution in [3.8, 4) is 11.5 Å². The summed E-state index contributed by atoms with van der Waals surface area (Å²) in [5.41, 5.74) is 7.91. The minimum atomic E-state index is -0.150. The van der Waals surface area contributed by atoms with E-state index in [4.69, 9.17) is 15.2 Å². The number of nitrogens with two attached hydrogens (primary N) is 1. The van der Waals surface area contributed by atoms with Crippen LogP contribution in [0.4, 0.5) is 11.4 Å². The fraction of sp³-hybridized carbons (Fsp3) is 0.600. The van der Waals surface area contributed by atoms with Gasteiger partial charge in [-0.3, -0.25) is 0 Å². The van der Waals surface area contributed by atoms with Crippen LogP contribution in [0.1, 0.15) is 12.8 Å². The highest BCUT2D eigenvalue weighted by Crippen LogP contribution is 2.44. The van der Waals surface area contributed by atoms with Crippen LogP contribution >= 0.6 is 0 Å². The van der Waals surface area contributed by atoms with Crippen molar-refractivity contribution < 1.29 is 14.6 Å². The second kappa shape index (κ2) is 4.45. The predicted molar refractivity (Wildman–Crippen MR) is 76.3 cm³/mol. The minimum Gasteiger partial charge on any atom is -0.486 e. The molecule has 0 radical (unpaired) electrons. The summed E-state index contributed by atoms with van der Waals surface area (Å²) < 4.78 is 11.2. The number of aliphatic hydroxyl groups excluding tert-OH is 1. The summed E-state index contributed by atoms with van der Waals surface area (Å²) in [6, 6.07) is 3.84. The molecule has 0 bridgehead atoms. The fourth-order valence-corrected chi connectivity index (χ4v) is 3.80. The largest absolute Gasteiger partial charge is 0.486 e. The smallest absolute Gasteiger partial charge is 0.163 e. The number of hydrogen-bond acceptors (Lipinski definition) is 5. The molecule has 3 aliphatic rings. The third-order valence-corrected chi connectivity index (χ3v) is 4.85. The molecule has 2 aliphatic heterocycles. The number of benzene rings is 1. The van der Waals surface area contributed by atoms with Gasteiger partial charge >= 0.3 is 0 Å². The Bertz CT molecular complexity index is 534. The first kappa shape index (κ1) is 12.1. The molecule has 0 amide bonds. The number of anilines is 2. The van der Waals surface area contributed by atoms with Crippen LogP contribution in [0.5, 0.6) is 11.5 Å². The highest BCUT2D eigenvalue weighted by molar-refractivity contribution is 5.73. The maximum Gasteiger partial charge on any atom is 0.163 e. The third-order valence-electron chi connectivity index (χ3n) is 4.85. The number of fused-ring (bicyclic) bond motifs is 2. The monoisotopic (exact) mass is 276 g/mol. The first-order valence-corrected chi connectivity index (χ1v) is 7.34. The molecule has 3 unspecified atom stereocenters. The molecule has 1 saturated heterocycles. The zero-order valence-corrected chi connectivity index (χ0v) is 11.4. The Hall–Kier alpha value is -1.62. The maximum absolute atomic E-state index is 10.0. The molecular formula is C15H20N2O3. The molecule has 2 fully saturated rings. The minimum absolute atomic E-state index is 0.150. The van der Waals surface area contributed by atoms with Gasteiger partial charge in [0.25, 0.3) is 0 Å². The Labute approximate surface area is 118 Å². The molecule has 2 heterocycles. The summed E-state index contributed by atoms with van der Waals surface area (Å²) in [6.07, 6.45) is 1.91. The number of nitrogen functional groups attached to an aromatic ring is 1. The van der Waals surface area contributed by atoms with Crippen LogP contribution in [-0.2, 0) is 0 Å². The summed E-state index contributed by atoms with van der Waals surface area (Å²) in [4.78, 5) is 2.28. The second-order valence-electron chi connectivity index (χ2n) is 6.03. The van der Waals surface area contributed by atoms with E-state index < -0.39 is 0 Å². The van der Waals surface area contributed by atoms with Gasteiger partial charge < -0.3 is 25.2 Å². The quantitative estimate of drug-likeness (QED) is 0.756. The maximum atomic E-state index is 10.0.